The number of aromatic nitrogens is 2. The molecule has 1 fully saturated rings. The van der Waals surface area contributed by atoms with Crippen molar-refractivity contribution < 1.29 is 9.18 Å². The van der Waals surface area contributed by atoms with Gasteiger partial charge in [0, 0.05) is 38.4 Å². The smallest absolute Gasteiger partial charge is 0.286 e. The lowest BCUT2D eigenvalue weighted by Crippen LogP contribution is -2.46. The monoisotopic (exact) mass is 425 g/mol. The zero-order chi connectivity index (χ0) is 20.8. The average Bonchev–Trinajstić information content (AvgIpc) is 3.24. The first-order chi connectivity index (χ1) is 14.7. The van der Waals surface area contributed by atoms with Crippen LogP contribution >= 0.6 is 11.3 Å². The largest absolute Gasteiger partial charge is 0.320 e. The fraction of sp³-hybridized carbons (Fsp3) is 0.318. The van der Waals surface area contributed by atoms with E-state index in [1.807, 2.05) is 6.07 Å². The molecule has 156 valence electrons. The summed E-state index contributed by atoms with van der Waals surface area (Å²) in [6.45, 7) is 5.79. The van der Waals surface area contributed by atoms with Gasteiger partial charge in [-0.05, 0) is 36.2 Å². The molecule has 1 amide bonds. The Hall–Kier alpha value is -2.68. The number of carbonyl (C=O) groups is 1. The minimum Gasteiger partial charge on any atom is -0.320 e. The Morgan fingerprint density at radius 3 is 2.40 bits per heavy atom. The Balaban J connectivity index is 1.22. The lowest BCUT2D eigenvalue weighted by atomic mass is 10.1. The van der Waals surface area contributed by atoms with Gasteiger partial charge in [0.1, 0.15) is 10.8 Å². The van der Waals surface area contributed by atoms with Crippen LogP contribution in [-0.2, 0) is 13.0 Å². The molecule has 0 radical (unpaired) electrons. The summed E-state index contributed by atoms with van der Waals surface area (Å²) in [5.74, 6) is -0.664. The number of anilines is 1. The summed E-state index contributed by atoms with van der Waals surface area (Å²) in [4.78, 5) is 17.2. The first-order valence-corrected chi connectivity index (χ1v) is 10.9. The maximum absolute atomic E-state index is 13.0. The number of nitrogens with zero attached hydrogens (tertiary/aromatic N) is 4. The van der Waals surface area contributed by atoms with E-state index in [1.54, 1.807) is 0 Å². The van der Waals surface area contributed by atoms with Gasteiger partial charge in [0.15, 0.2) is 0 Å². The van der Waals surface area contributed by atoms with Crippen LogP contribution < -0.4 is 5.32 Å². The van der Waals surface area contributed by atoms with Gasteiger partial charge in [-0.3, -0.25) is 9.69 Å². The molecule has 1 saturated heterocycles. The third-order valence-corrected chi connectivity index (χ3v) is 6.05. The van der Waals surface area contributed by atoms with Crippen LogP contribution in [0.1, 0.15) is 20.4 Å². The molecule has 1 aliphatic rings. The molecule has 4 rings (SSSR count). The molecule has 3 aromatic rings. The average molecular weight is 426 g/mol. The predicted octanol–water partition coefficient (Wildman–Crippen LogP) is 3.29. The summed E-state index contributed by atoms with van der Waals surface area (Å²) in [5, 5.41) is 12.1. The second kappa shape index (κ2) is 9.88. The van der Waals surface area contributed by atoms with Crippen LogP contribution in [0, 0.1) is 5.82 Å². The molecule has 1 N–H and O–H groups in total. The number of benzene rings is 2. The van der Waals surface area contributed by atoms with Gasteiger partial charge in [0.25, 0.3) is 5.91 Å². The zero-order valence-electron chi connectivity index (χ0n) is 16.6. The van der Waals surface area contributed by atoms with Crippen LogP contribution in [0.5, 0.6) is 0 Å². The van der Waals surface area contributed by atoms with E-state index >= 15 is 0 Å². The Morgan fingerprint density at radius 2 is 1.67 bits per heavy atom. The summed E-state index contributed by atoms with van der Waals surface area (Å²) in [6.07, 6.45) is 1.07. The summed E-state index contributed by atoms with van der Waals surface area (Å²) >= 11 is 1.30. The lowest BCUT2D eigenvalue weighted by molar-refractivity contribution is 0.102. The number of hydrogen-bond donors (Lipinski definition) is 1. The fourth-order valence-electron chi connectivity index (χ4n) is 3.42. The number of nitrogens with one attached hydrogen (secondary N) is 1. The van der Waals surface area contributed by atoms with Crippen LogP contribution in [0.3, 0.4) is 0 Å². The molecule has 0 spiro atoms. The summed E-state index contributed by atoms with van der Waals surface area (Å²) in [6, 6.07) is 16.2. The molecule has 6 nitrogen and oxygen atoms in total. The quantitative estimate of drug-likeness (QED) is 0.630. The van der Waals surface area contributed by atoms with Crippen LogP contribution in [0.15, 0.2) is 54.6 Å². The normalized spacial score (nSPS) is 15.2. The van der Waals surface area contributed by atoms with Crippen molar-refractivity contribution in [3.8, 4) is 0 Å². The molecule has 30 heavy (non-hydrogen) atoms. The van der Waals surface area contributed by atoms with E-state index in [-0.39, 0.29) is 11.7 Å². The van der Waals surface area contributed by atoms with Crippen LogP contribution in [-0.4, -0.2) is 58.6 Å². The van der Waals surface area contributed by atoms with Gasteiger partial charge < -0.3 is 10.2 Å². The highest BCUT2D eigenvalue weighted by atomic mass is 32.1. The van der Waals surface area contributed by atoms with Crippen molar-refractivity contribution in [3.05, 3.63) is 76.0 Å². The molecule has 2 aromatic carbocycles. The molecule has 8 heteroatoms. The third kappa shape index (κ3) is 5.69. The van der Waals surface area contributed by atoms with Gasteiger partial charge >= 0.3 is 0 Å². The molecule has 0 unspecified atom stereocenters. The van der Waals surface area contributed by atoms with E-state index < -0.39 is 0 Å². The number of halogens is 1. The van der Waals surface area contributed by atoms with Gasteiger partial charge in [0.05, 0.1) is 6.54 Å². The molecule has 1 aromatic heterocycles. The fourth-order valence-corrected chi connectivity index (χ4v) is 4.20. The molecule has 1 aliphatic heterocycles. The lowest BCUT2D eigenvalue weighted by Gasteiger charge is -2.34. The topological polar surface area (TPSA) is 61.4 Å². The highest BCUT2D eigenvalue weighted by Crippen LogP contribution is 2.16. The maximum Gasteiger partial charge on any atom is 0.286 e. The van der Waals surface area contributed by atoms with Gasteiger partial charge in [-0.1, -0.05) is 41.7 Å². The summed E-state index contributed by atoms with van der Waals surface area (Å²) in [7, 11) is 0. The second-order valence-electron chi connectivity index (χ2n) is 7.32. The molecular formula is C22H24FN5OS. The van der Waals surface area contributed by atoms with Gasteiger partial charge in [-0.25, -0.2) is 4.39 Å². The first kappa shape index (κ1) is 20.6. The molecule has 0 saturated carbocycles. The van der Waals surface area contributed by atoms with Crippen LogP contribution in [0.2, 0.25) is 0 Å². The molecule has 0 atom stereocenters. The highest BCUT2D eigenvalue weighted by molar-refractivity contribution is 7.13. The van der Waals surface area contributed by atoms with Crippen LogP contribution in [0.4, 0.5) is 10.1 Å². The third-order valence-electron chi connectivity index (χ3n) is 5.15. The van der Waals surface area contributed by atoms with Gasteiger partial charge in [-0.2, -0.15) is 0 Å². The van der Waals surface area contributed by atoms with Crippen LogP contribution in [0.25, 0.3) is 0 Å². The number of hydrogen-bond acceptors (Lipinski definition) is 6. The number of amides is 1. The number of piperazine rings is 1. The molecular weight excluding hydrogens is 401 g/mol. The van der Waals surface area contributed by atoms with E-state index in [4.69, 9.17) is 0 Å². The van der Waals surface area contributed by atoms with E-state index in [0.29, 0.717) is 17.2 Å². The van der Waals surface area contributed by atoms with E-state index in [9.17, 15) is 9.18 Å². The van der Waals surface area contributed by atoms with E-state index in [1.165, 1.54) is 41.2 Å². The Labute approximate surface area is 179 Å². The van der Waals surface area contributed by atoms with Gasteiger partial charge in [-0.15, -0.1) is 10.2 Å². The second-order valence-corrected chi connectivity index (χ2v) is 8.38. The highest BCUT2D eigenvalue weighted by Gasteiger charge is 2.19. The van der Waals surface area contributed by atoms with E-state index in [2.05, 4.69) is 49.6 Å². The van der Waals surface area contributed by atoms with Crippen molar-refractivity contribution in [1.82, 2.24) is 20.0 Å². The minimum atomic E-state index is -0.341. The summed E-state index contributed by atoms with van der Waals surface area (Å²) < 4.78 is 13.0. The standard InChI is InChI=1S/C22H24FN5OS/c23-18-6-8-19(9-7-18)24-21(29)22-26-25-20(30-22)16-28-14-12-27(13-15-28)11-10-17-4-2-1-3-5-17/h1-9H,10-16H2,(H,24,29). The Kier molecular flexibility index (Phi) is 6.78. The van der Waals surface area contributed by atoms with Crippen molar-refractivity contribution >= 4 is 22.9 Å². The maximum atomic E-state index is 13.0. The Bertz CT molecular complexity index is 955. The SMILES string of the molecule is O=C(Nc1ccc(F)cc1)c1nnc(CN2CCN(CCc3ccccc3)CC2)s1. The molecule has 0 bridgehead atoms. The minimum absolute atomic E-state index is 0.316. The van der Waals surface area contributed by atoms with E-state index in [0.717, 1.165) is 44.2 Å². The summed E-state index contributed by atoms with van der Waals surface area (Å²) in [5.41, 5.74) is 1.91. The van der Waals surface area contributed by atoms with Crippen molar-refractivity contribution in [1.29, 1.82) is 0 Å². The predicted molar refractivity (Wildman–Crippen MR) is 116 cm³/mol. The molecule has 0 aliphatic carbocycles. The zero-order valence-corrected chi connectivity index (χ0v) is 17.4. The first-order valence-electron chi connectivity index (χ1n) is 10.0. The number of rotatable bonds is 7. The van der Waals surface area contributed by atoms with Gasteiger partial charge in [0.2, 0.25) is 5.01 Å². The number of carbonyl (C=O) groups excluding carboxylic acids is 1. The Morgan fingerprint density at radius 1 is 0.967 bits per heavy atom. The van der Waals surface area contributed by atoms with Crippen molar-refractivity contribution in [2.75, 3.05) is 38.0 Å². The van der Waals surface area contributed by atoms with Crippen molar-refractivity contribution in [2.45, 2.75) is 13.0 Å². The van der Waals surface area contributed by atoms with Crippen molar-refractivity contribution in [2.24, 2.45) is 0 Å². The molecule has 2 heterocycles. The van der Waals surface area contributed by atoms with Crippen molar-refractivity contribution in [3.63, 3.8) is 0 Å².